The van der Waals surface area contributed by atoms with Gasteiger partial charge >= 0.3 is 6.18 Å². The maximum atomic E-state index is 13.1. The van der Waals surface area contributed by atoms with Crippen LogP contribution in [0.25, 0.3) is 10.2 Å². The number of unbranched alkanes of at least 4 members (excludes halogenated alkanes) is 1. The Morgan fingerprint density at radius 3 is 2.56 bits per heavy atom. The molecule has 9 heteroatoms. The first-order valence-electron chi connectivity index (χ1n) is 12.0. The lowest BCUT2D eigenvalue weighted by Gasteiger charge is -2.36. The van der Waals surface area contributed by atoms with Crippen LogP contribution in [0.15, 0.2) is 35.4 Å². The van der Waals surface area contributed by atoms with Crippen LogP contribution >= 0.6 is 11.3 Å². The maximum Gasteiger partial charge on any atom is 0.416 e. The summed E-state index contributed by atoms with van der Waals surface area (Å²) in [7, 11) is 0. The van der Waals surface area contributed by atoms with Gasteiger partial charge in [0, 0.05) is 43.3 Å². The van der Waals surface area contributed by atoms with Gasteiger partial charge in [-0.15, -0.1) is 11.3 Å². The van der Waals surface area contributed by atoms with Crippen LogP contribution < -0.4 is 10.5 Å². The zero-order valence-electron chi connectivity index (χ0n) is 19.1. The lowest BCUT2D eigenvalue weighted by Crippen LogP contribution is -2.46. The van der Waals surface area contributed by atoms with E-state index in [9.17, 15) is 18.0 Å². The fourth-order valence-electron chi connectivity index (χ4n) is 5.07. The van der Waals surface area contributed by atoms with Crippen LogP contribution in [0.4, 0.5) is 18.9 Å². The minimum atomic E-state index is -4.32. The van der Waals surface area contributed by atoms with Crippen LogP contribution in [0.3, 0.4) is 0 Å². The zero-order chi connectivity index (χ0) is 23.7. The smallest absolute Gasteiger partial charge is 0.369 e. The van der Waals surface area contributed by atoms with Crippen molar-refractivity contribution in [1.82, 2.24) is 14.5 Å². The maximum absolute atomic E-state index is 13.1. The molecule has 0 saturated carbocycles. The van der Waals surface area contributed by atoms with Crippen LogP contribution in [0, 0.1) is 0 Å². The van der Waals surface area contributed by atoms with Gasteiger partial charge in [0.2, 0.25) is 0 Å². The van der Waals surface area contributed by atoms with Crippen molar-refractivity contribution in [2.45, 2.75) is 51.2 Å². The fraction of sp³-hybridized carbons (Fsp3) is 0.520. The molecule has 0 unspecified atom stereocenters. The van der Waals surface area contributed by atoms with Crippen molar-refractivity contribution in [3.63, 3.8) is 0 Å². The number of aryl methyl sites for hydroxylation is 3. The predicted molar refractivity (Wildman–Crippen MR) is 130 cm³/mol. The first kappa shape index (κ1) is 23.4. The molecule has 1 aliphatic heterocycles. The van der Waals surface area contributed by atoms with Crippen LogP contribution in [-0.2, 0) is 25.6 Å². The number of hydrogen-bond donors (Lipinski definition) is 0. The average molecular weight is 491 g/mol. The molecule has 1 aliphatic carbocycles. The molecule has 5 rings (SSSR count). The van der Waals surface area contributed by atoms with E-state index in [0.29, 0.717) is 25.3 Å². The molecule has 3 aromatic rings. The molecule has 34 heavy (non-hydrogen) atoms. The number of aromatic nitrogens is 2. The Kier molecular flexibility index (Phi) is 6.66. The second-order valence-corrected chi connectivity index (χ2v) is 10.3. The molecule has 0 N–H and O–H groups in total. The van der Waals surface area contributed by atoms with E-state index >= 15 is 0 Å². The summed E-state index contributed by atoms with van der Waals surface area (Å²) in [5, 5.41) is 0.841. The minimum Gasteiger partial charge on any atom is -0.369 e. The van der Waals surface area contributed by atoms with Gasteiger partial charge in [0.25, 0.3) is 5.56 Å². The summed E-state index contributed by atoms with van der Waals surface area (Å²) in [6, 6.07) is 5.58. The molecule has 0 amide bonds. The highest BCUT2D eigenvalue weighted by Crippen LogP contribution is 2.34. The average Bonchev–Trinajstić information content (AvgIpc) is 3.22. The third-order valence-corrected chi connectivity index (χ3v) is 8.18. The number of benzene rings is 1. The van der Waals surface area contributed by atoms with Gasteiger partial charge in [-0.3, -0.25) is 14.3 Å². The molecular weight excluding hydrogens is 461 g/mol. The Hall–Kier alpha value is -2.39. The predicted octanol–water partition coefficient (Wildman–Crippen LogP) is 4.96. The van der Waals surface area contributed by atoms with Gasteiger partial charge in [-0.25, -0.2) is 4.98 Å². The second-order valence-electron chi connectivity index (χ2n) is 9.22. The molecule has 0 radical (unpaired) electrons. The molecule has 2 aromatic heterocycles. The van der Waals surface area contributed by atoms with Crippen molar-refractivity contribution in [2.24, 2.45) is 0 Å². The topological polar surface area (TPSA) is 41.4 Å². The zero-order valence-corrected chi connectivity index (χ0v) is 19.9. The Labute approximate surface area is 200 Å². The van der Waals surface area contributed by atoms with Gasteiger partial charge in [0.05, 0.1) is 17.3 Å². The third kappa shape index (κ3) is 4.86. The van der Waals surface area contributed by atoms with Gasteiger partial charge in [-0.2, -0.15) is 13.2 Å². The Morgan fingerprint density at radius 1 is 1.00 bits per heavy atom. The van der Waals surface area contributed by atoms with E-state index in [0.717, 1.165) is 68.0 Å². The van der Waals surface area contributed by atoms with Gasteiger partial charge in [-0.1, -0.05) is 6.07 Å². The number of nitrogens with zero attached hydrogens (tertiary/aromatic N) is 4. The van der Waals surface area contributed by atoms with E-state index in [2.05, 4.69) is 9.88 Å². The number of hydrogen-bond acceptors (Lipinski definition) is 5. The fourth-order valence-corrected chi connectivity index (χ4v) is 6.29. The van der Waals surface area contributed by atoms with Gasteiger partial charge in [0.15, 0.2) is 0 Å². The van der Waals surface area contributed by atoms with Gasteiger partial charge in [0.1, 0.15) is 4.83 Å². The van der Waals surface area contributed by atoms with Crippen molar-refractivity contribution in [2.75, 3.05) is 37.6 Å². The summed E-state index contributed by atoms with van der Waals surface area (Å²) in [5.41, 5.74) is 1.36. The first-order chi connectivity index (χ1) is 16.4. The van der Waals surface area contributed by atoms with Crippen LogP contribution in [0.1, 0.15) is 41.7 Å². The van der Waals surface area contributed by atoms with Gasteiger partial charge < -0.3 is 4.90 Å². The lowest BCUT2D eigenvalue weighted by atomic mass is 9.97. The number of rotatable bonds is 6. The monoisotopic (exact) mass is 490 g/mol. The molecule has 1 saturated heterocycles. The van der Waals surface area contributed by atoms with Crippen molar-refractivity contribution in [1.29, 1.82) is 0 Å². The Bertz CT molecular complexity index is 1210. The highest BCUT2D eigenvalue weighted by Gasteiger charge is 2.31. The van der Waals surface area contributed by atoms with Crippen molar-refractivity contribution in [3.8, 4) is 0 Å². The van der Waals surface area contributed by atoms with Crippen molar-refractivity contribution in [3.05, 3.63) is 57.0 Å². The normalized spacial score (nSPS) is 17.3. The molecule has 2 aliphatic rings. The largest absolute Gasteiger partial charge is 0.416 e. The second kappa shape index (κ2) is 9.70. The molecule has 0 atom stereocenters. The SMILES string of the molecule is O=c1c2c3c(sc2ncn1CCCCN1CCN(c2cccc(C(F)(F)F)c2)CC1)CCCC3. The lowest BCUT2D eigenvalue weighted by molar-refractivity contribution is -0.137. The summed E-state index contributed by atoms with van der Waals surface area (Å²) in [6.07, 6.45) is 3.64. The minimum absolute atomic E-state index is 0.0964. The molecule has 182 valence electrons. The molecule has 1 aromatic carbocycles. The van der Waals surface area contributed by atoms with Gasteiger partial charge in [-0.05, 0) is 68.8 Å². The number of halogens is 3. The summed E-state index contributed by atoms with van der Waals surface area (Å²) < 4.78 is 40.8. The van der Waals surface area contributed by atoms with E-state index in [4.69, 9.17) is 0 Å². The molecule has 0 bridgehead atoms. The van der Waals surface area contributed by atoms with Crippen molar-refractivity contribution < 1.29 is 13.2 Å². The van der Waals surface area contributed by atoms with E-state index in [-0.39, 0.29) is 5.56 Å². The molecule has 1 fully saturated rings. The Balaban J connectivity index is 1.12. The van der Waals surface area contributed by atoms with Crippen LogP contribution in [0.2, 0.25) is 0 Å². The van der Waals surface area contributed by atoms with Crippen LogP contribution in [0.5, 0.6) is 0 Å². The highest BCUT2D eigenvalue weighted by molar-refractivity contribution is 7.18. The number of alkyl halides is 3. The first-order valence-corrected chi connectivity index (χ1v) is 12.9. The van der Waals surface area contributed by atoms with E-state index in [1.165, 1.54) is 29.0 Å². The van der Waals surface area contributed by atoms with Crippen molar-refractivity contribution >= 4 is 27.2 Å². The standard InChI is InChI=1S/C25H29F3N4OS/c26-25(27,28)18-6-5-7-19(16-18)31-14-12-30(13-15-31)10-3-4-11-32-17-29-23-22(24(32)33)20-8-1-2-9-21(20)34-23/h5-7,16-17H,1-4,8-15H2. The van der Waals surface area contributed by atoms with Crippen LogP contribution in [-0.4, -0.2) is 47.2 Å². The number of thiophene rings is 1. The third-order valence-electron chi connectivity index (χ3n) is 6.98. The summed E-state index contributed by atoms with van der Waals surface area (Å²) in [4.78, 5) is 24.2. The van der Waals surface area contributed by atoms with E-state index in [1.54, 1.807) is 28.3 Å². The molecule has 0 spiro atoms. The number of piperazine rings is 1. The molecule has 5 nitrogen and oxygen atoms in total. The van der Waals surface area contributed by atoms with E-state index < -0.39 is 11.7 Å². The highest BCUT2D eigenvalue weighted by atomic mass is 32.1. The summed E-state index contributed by atoms with van der Waals surface area (Å²) in [6.45, 7) is 4.66. The number of anilines is 1. The Morgan fingerprint density at radius 2 is 1.76 bits per heavy atom. The summed E-state index contributed by atoms with van der Waals surface area (Å²) >= 11 is 1.68. The van der Waals surface area contributed by atoms with E-state index in [1.807, 2.05) is 4.90 Å². The number of fused-ring (bicyclic) bond motifs is 3. The molecular formula is C25H29F3N4OS. The quantitative estimate of drug-likeness (QED) is 0.458. The molecule has 3 heterocycles. The summed E-state index contributed by atoms with van der Waals surface area (Å²) in [5.74, 6) is 0.